The number of imidazole rings is 1. The van der Waals surface area contributed by atoms with E-state index in [0.717, 1.165) is 29.0 Å². The number of hydrogen-bond acceptors (Lipinski definition) is 3. The summed E-state index contributed by atoms with van der Waals surface area (Å²) in [6.07, 6.45) is 6.27. The third-order valence-corrected chi connectivity index (χ3v) is 2.96. The van der Waals surface area contributed by atoms with Gasteiger partial charge >= 0.3 is 0 Å². The maximum Gasteiger partial charge on any atom is 0.156 e. The minimum atomic E-state index is 0.607. The number of nitrogens with zero attached hydrogens (tertiary/aromatic N) is 3. The molecule has 0 radical (unpaired) electrons. The van der Waals surface area contributed by atoms with Crippen LogP contribution in [0.25, 0.3) is 16.9 Å². The van der Waals surface area contributed by atoms with Crippen molar-refractivity contribution in [2.45, 2.75) is 6.42 Å². The molecule has 0 saturated carbocycles. The molecular weight excluding hydrogens is 224 g/mol. The topological polar surface area (TPSA) is 56.2 Å². The van der Waals surface area contributed by atoms with Crippen LogP contribution < -0.4 is 5.73 Å². The quantitative estimate of drug-likeness (QED) is 0.758. The molecule has 0 bridgehead atoms. The molecule has 4 nitrogen and oxygen atoms in total. The summed E-state index contributed by atoms with van der Waals surface area (Å²) in [4.78, 5) is 8.75. The fourth-order valence-corrected chi connectivity index (χ4v) is 2.16. The third kappa shape index (κ3) is 1.76. The highest BCUT2D eigenvalue weighted by atomic mass is 15.0. The summed E-state index contributed by atoms with van der Waals surface area (Å²) in [5, 5.41) is 0. The summed E-state index contributed by atoms with van der Waals surface area (Å²) in [7, 11) is 0. The second kappa shape index (κ2) is 4.58. The van der Waals surface area contributed by atoms with E-state index in [4.69, 9.17) is 5.73 Å². The molecule has 0 fully saturated rings. The Balaban J connectivity index is 2.25. The number of hydrogen-bond donors (Lipinski definition) is 1. The van der Waals surface area contributed by atoms with Crippen LogP contribution in [0, 0.1) is 0 Å². The van der Waals surface area contributed by atoms with E-state index >= 15 is 0 Å². The van der Waals surface area contributed by atoms with Crippen LogP contribution in [0.15, 0.2) is 48.9 Å². The van der Waals surface area contributed by atoms with Gasteiger partial charge < -0.3 is 10.1 Å². The molecule has 1 aromatic carbocycles. The molecule has 0 aliphatic heterocycles. The first-order chi connectivity index (χ1) is 8.90. The normalized spacial score (nSPS) is 10.9. The van der Waals surface area contributed by atoms with E-state index < -0.39 is 0 Å². The predicted octanol–water partition coefficient (Wildman–Crippen LogP) is 1.90. The van der Waals surface area contributed by atoms with Crippen molar-refractivity contribution in [1.29, 1.82) is 0 Å². The lowest BCUT2D eigenvalue weighted by atomic mass is 10.1. The van der Waals surface area contributed by atoms with Crippen molar-refractivity contribution >= 4 is 5.65 Å². The van der Waals surface area contributed by atoms with Crippen LogP contribution >= 0.6 is 0 Å². The van der Waals surface area contributed by atoms with Gasteiger partial charge in [-0.05, 0) is 6.54 Å². The van der Waals surface area contributed by atoms with Crippen molar-refractivity contribution in [3.8, 4) is 11.3 Å². The molecule has 4 heteroatoms. The lowest BCUT2D eigenvalue weighted by Crippen LogP contribution is -2.06. The fourth-order valence-electron chi connectivity index (χ4n) is 2.16. The Hall–Kier alpha value is -2.20. The summed E-state index contributed by atoms with van der Waals surface area (Å²) in [5.74, 6) is 0. The summed E-state index contributed by atoms with van der Waals surface area (Å²) in [5.41, 5.74) is 9.81. The van der Waals surface area contributed by atoms with Crippen molar-refractivity contribution < 1.29 is 0 Å². The summed E-state index contributed by atoms with van der Waals surface area (Å²) in [6.45, 7) is 0.607. The molecule has 2 heterocycles. The SMILES string of the molecule is NCCc1c(-c2ccccc2)nc2cnccn12. The second-order valence-electron chi connectivity index (χ2n) is 4.12. The highest BCUT2D eigenvalue weighted by molar-refractivity contribution is 5.66. The highest BCUT2D eigenvalue weighted by Crippen LogP contribution is 2.24. The molecule has 2 aromatic heterocycles. The molecule has 0 amide bonds. The molecule has 18 heavy (non-hydrogen) atoms. The van der Waals surface area contributed by atoms with Crippen LogP contribution in [0.5, 0.6) is 0 Å². The van der Waals surface area contributed by atoms with Gasteiger partial charge in [0.05, 0.1) is 17.6 Å². The molecule has 3 rings (SSSR count). The maximum absolute atomic E-state index is 5.70. The Morgan fingerprint density at radius 2 is 2.00 bits per heavy atom. The number of aromatic nitrogens is 3. The first-order valence-electron chi connectivity index (χ1n) is 5.96. The van der Waals surface area contributed by atoms with Gasteiger partial charge in [-0.2, -0.15) is 0 Å². The molecule has 0 spiro atoms. The number of fused-ring (bicyclic) bond motifs is 1. The molecule has 0 atom stereocenters. The standard InChI is InChI=1S/C14H14N4/c15-7-6-12-14(11-4-2-1-3-5-11)17-13-10-16-8-9-18(12)13/h1-5,8-10H,6-7,15H2. The van der Waals surface area contributed by atoms with Crippen molar-refractivity contribution in [2.24, 2.45) is 5.73 Å². The molecule has 0 saturated heterocycles. The van der Waals surface area contributed by atoms with Crippen LogP contribution in [-0.2, 0) is 6.42 Å². The third-order valence-electron chi connectivity index (χ3n) is 2.96. The lowest BCUT2D eigenvalue weighted by molar-refractivity contribution is 0.903. The van der Waals surface area contributed by atoms with Gasteiger partial charge in [0.2, 0.25) is 0 Å². The Bertz CT molecular complexity index is 658. The Morgan fingerprint density at radius 3 is 2.78 bits per heavy atom. The average Bonchev–Trinajstić information content (AvgIpc) is 2.80. The van der Waals surface area contributed by atoms with Crippen LogP contribution in [0.1, 0.15) is 5.69 Å². The van der Waals surface area contributed by atoms with Crippen molar-refractivity contribution in [3.63, 3.8) is 0 Å². The van der Waals surface area contributed by atoms with E-state index in [2.05, 4.69) is 26.5 Å². The molecule has 90 valence electrons. The minimum absolute atomic E-state index is 0.607. The Labute approximate surface area is 105 Å². The van der Waals surface area contributed by atoms with Gasteiger partial charge in [-0.25, -0.2) is 4.98 Å². The highest BCUT2D eigenvalue weighted by Gasteiger charge is 2.12. The average molecular weight is 238 g/mol. The summed E-state index contributed by atoms with van der Waals surface area (Å²) < 4.78 is 2.06. The number of nitrogens with two attached hydrogens (primary N) is 1. The van der Waals surface area contributed by atoms with Gasteiger partial charge in [-0.3, -0.25) is 4.98 Å². The Morgan fingerprint density at radius 1 is 1.17 bits per heavy atom. The first kappa shape index (κ1) is 10.9. The zero-order chi connectivity index (χ0) is 12.4. The van der Waals surface area contributed by atoms with Gasteiger partial charge in [-0.1, -0.05) is 30.3 Å². The van der Waals surface area contributed by atoms with E-state index in [0.29, 0.717) is 6.54 Å². The molecule has 0 unspecified atom stereocenters. The smallest absolute Gasteiger partial charge is 0.156 e. The molecule has 2 N–H and O–H groups in total. The van der Waals surface area contributed by atoms with E-state index in [9.17, 15) is 0 Å². The maximum atomic E-state index is 5.70. The first-order valence-corrected chi connectivity index (χ1v) is 5.96. The lowest BCUT2D eigenvalue weighted by Gasteiger charge is -2.03. The van der Waals surface area contributed by atoms with E-state index in [1.54, 1.807) is 12.4 Å². The van der Waals surface area contributed by atoms with Crippen LogP contribution in [0.4, 0.5) is 0 Å². The van der Waals surface area contributed by atoms with E-state index in [-0.39, 0.29) is 0 Å². The van der Waals surface area contributed by atoms with Crippen molar-refractivity contribution in [3.05, 3.63) is 54.6 Å². The zero-order valence-electron chi connectivity index (χ0n) is 9.95. The van der Waals surface area contributed by atoms with Crippen molar-refractivity contribution in [2.75, 3.05) is 6.54 Å². The Kier molecular flexibility index (Phi) is 2.78. The summed E-state index contributed by atoms with van der Waals surface area (Å²) in [6, 6.07) is 10.2. The van der Waals surface area contributed by atoms with Gasteiger partial charge in [0.25, 0.3) is 0 Å². The van der Waals surface area contributed by atoms with Crippen LogP contribution in [0.3, 0.4) is 0 Å². The minimum Gasteiger partial charge on any atom is -0.330 e. The van der Waals surface area contributed by atoms with E-state index in [1.165, 1.54) is 0 Å². The molecule has 0 aliphatic carbocycles. The predicted molar refractivity (Wildman–Crippen MR) is 71.2 cm³/mol. The zero-order valence-corrected chi connectivity index (χ0v) is 9.95. The van der Waals surface area contributed by atoms with Crippen LogP contribution in [-0.4, -0.2) is 20.9 Å². The number of rotatable bonds is 3. The van der Waals surface area contributed by atoms with Gasteiger partial charge in [0, 0.05) is 24.4 Å². The fraction of sp³-hybridized carbons (Fsp3) is 0.143. The van der Waals surface area contributed by atoms with Crippen molar-refractivity contribution in [1.82, 2.24) is 14.4 Å². The largest absolute Gasteiger partial charge is 0.330 e. The second-order valence-corrected chi connectivity index (χ2v) is 4.12. The van der Waals surface area contributed by atoms with Gasteiger partial charge in [-0.15, -0.1) is 0 Å². The molecule has 3 aromatic rings. The summed E-state index contributed by atoms with van der Waals surface area (Å²) >= 11 is 0. The molecular formula is C14H14N4. The van der Waals surface area contributed by atoms with Gasteiger partial charge in [0.15, 0.2) is 5.65 Å². The number of benzene rings is 1. The molecule has 0 aliphatic rings. The monoisotopic (exact) mass is 238 g/mol. The van der Waals surface area contributed by atoms with Gasteiger partial charge in [0.1, 0.15) is 0 Å². The van der Waals surface area contributed by atoms with E-state index in [1.807, 2.05) is 24.4 Å². The van der Waals surface area contributed by atoms with Crippen LogP contribution in [0.2, 0.25) is 0 Å².